The third-order valence-corrected chi connectivity index (χ3v) is 3.07. The summed E-state index contributed by atoms with van der Waals surface area (Å²) in [4.78, 5) is 8.42. The largest absolute Gasteiger partial charge is 0.495 e. The van der Waals surface area contributed by atoms with Gasteiger partial charge in [0.05, 0.1) is 5.46 Å². The van der Waals surface area contributed by atoms with E-state index in [4.69, 9.17) is 4.74 Å². The molecule has 0 spiro atoms. The summed E-state index contributed by atoms with van der Waals surface area (Å²) in [5.74, 6) is 0.573. The van der Waals surface area contributed by atoms with Crippen molar-refractivity contribution in [1.82, 2.24) is 9.97 Å². The van der Waals surface area contributed by atoms with Crippen molar-refractivity contribution < 1.29 is 19.2 Å². The van der Waals surface area contributed by atoms with Crippen LogP contribution in [0, 0.1) is 12.7 Å². The van der Waals surface area contributed by atoms with Crippen LogP contribution in [0.4, 0.5) is 4.39 Å². The Balaban J connectivity index is 2.47. The standard InChI is InChI=1S/C15H18BFN2O3/c1-9-7-10(17)5-6-12(9)22-13-11(16(20)21)8-18-14(19-13)15(2,3)4/h5-8,20-21H,1-4H3. The lowest BCUT2D eigenvalue weighted by Crippen LogP contribution is -2.33. The highest BCUT2D eigenvalue weighted by atomic mass is 19.1. The van der Waals surface area contributed by atoms with E-state index < -0.39 is 7.12 Å². The Bertz CT molecular complexity index is 687. The van der Waals surface area contributed by atoms with Gasteiger partial charge in [-0.2, -0.15) is 4.98 Å². The van der Waals surface area contributed by atoms with Crippen LogP contribution in [-0.2, 0) is 5.41 Å². The van der Waals surface area contributed by atoms with Crippen molar-refractivity contribution in [3.8, 4) is 11.6 Å². The number of ether oxygens (including phenoxy) is 1. The van der Waals surface area contributed by atoms with Crippen LogP contribution >= 0.6 is 0 Å². The molecular weight excluding hydrogens is 286 g/mol. The lowest BCUT2D eigenvalue weighted by molar-refractivity contribution is 0.413. The van der Waals surface area contributed by atoms with Crippen LogP contribution < -0.4 is 10.2 Å². The van der Waals surface area contributed by atoms with Gasteiger partial charge in [-0.15, -0.1) is 0 Å². The van der Waals surface area contributed by atoms with Gasteiger partial charge in [-0.05, 0) is 30.7 Å². The van der Waals surface area contributed by atoms with E-state index in [1.165, 1.54) is 24.4 Å². The molecule has 0 radical (unpaired) electrons. The molecule has 1 heterocycles. The summed E-state index contributed by atoms with van der Waals surface area (Å²) < 4.78 is 18.8. The molecule has 7 heteroatoms. The lowest BCUT2D eigenvalue weighted by atomic mass is 9.82. The molecule has 0 fully saturated rings. The Morgan fingerprint density at radius 1 is 1.23 bits per heavy atom. The number of halogens is 1. The molecule has 0 saturated heterocycles. The number of rotatable bonds is 3. The number of nitrogens with zero attached hydrogens (tertiary/aromatic N) is 2. The third kappa shape index (κ3) is 3.61. The zero-order chi connectivity index (χ0) is 16.5. The molecule has 0 aliphatic heterocycles. The molecule has 116 valence electrons. The third-order valence-electron chi connectivity index (χ3n) is 3.07. The van der Waals surface area contributed by atoms with Crippen LogP contribution in [-0.4, -0.2) is 27.1 Å². The Kier molecular flexibility index (Phi) is 4.48. The van der Waals surface area contributed by atoms with Gasteiger partial charge < -0.3 is 14.8 Å². The Labute approximate surface area is 129 Å². The molecule has 2 rings (SSSR count). The van der Waals surface area contributed by atoms with Crippen LogP contribution in [0.2, 0.25) is 0 Å². The summed E-state index contributed by atoms with van der Waals surface area (Å²) in [5.41, 5.74) is 0.306. The molecule has 22 heavy (non-hydrogen) atoms. The van der Waals surface area contributed by atoms with E-state index in [2.05, 4.69) is 9.97 Å². The van der Waals surface area contributed by atoms with Gasteiger partial charge in [-0.25, -0.2) is 9.37 Å². The molecule has 2 aromatic rings. The first kappa shape index (κ1) is 16.4. The van der Waals surface area contributed by atoms with Gasteiger partial charge >= 0.3 is 7.12 Å². The minimum atomic E-state index is -1.76. The van der Waals surface area contributed by atoms with Crippen molar-refractivity contribution in [3.63, 3.8) is 0 Å². The number of hydrogen-bond acceptors (Lipinski definition) is 5. The molecule has 0 atom stereocenters. The molecule has 0 unspecified atom stereocenters. The van der Waals surface area contributed by atoms with E-state index in [1.54, 1.807) is 6.92 Å². The Morgan fingerprint density at radius 2 is 1.91 bits per heavy atom. The van der Waals surface area contributed by atoms with E-state index in [9.17, 15) is 14.4 Å². The highest BCUT2D eigenvalue weighted by Gasteiger charge is 2.25. The molecule has 1 aromatic carbocycles. The first-order valence-electron chi connectivity index (χ1n) is 6.86. The summed E-state index contributed by atoms with van der Waals surface area (Å²) in [6.45, 7) is 7.50. The van der Waals surface area contributed by atoms with E-state index in [-0.39, 0.29) is 22.6 Å². The predicted octanol–water partition coefficient (Wildman–Crippen LogP) is 1.69. The minimum Gasteiger partial charge on any atom is -0.439 e. The van der Waals surface area contributed by atoms with Crippen molar-refractivity contribution in [2.75, 3.05) is 0 Å². The molecule has 0 aliphatic carbocycles. The number of benzene rings is 1. The molecule has 1 aromatic heterocycles. The molecule has 0 saturated carbocycles. The van der Waals surface area contributed by atoms with Crippen molar-refractivity contribution in [3.05, 3.63) is 41.6 Å². The molecule has 5 nitrogen and oxygen atoms in total. The second-order valence-electron chi connectivity index (χ2n) is 6.09. The van der Waals surface area contributed by atoms with E-state index in [1.807, 2.05) is 20.8 Å². The zero-order valence-electron chi connectivity index (χ0n) is 13.0. The maximum absolute atomic E-state index is 13.2. The molecule has 2 N–H and O–H groups in total. The average Bonchev–Trinajstić information content (AvgIpc) is 2.40. The van der Waals surface area contributed by atoms with Crippen molar-refractivity contribution >= 4 is 12.6 Å². The summed E-state index contributed by atoms with van der Waals surface area (Å²) in [7, 11) is -1.76. The van der Waals surface area contributed by atoms with Crippen LogP contribution in [0.5, 0.6) is 11.6 Å². The Hall–Kier alpha value is -1.99. The van der Waals surface area contributed by atoms with Gasteiger partial charge in [-0.1, -0.05) is 20.8 Å². The van der Waals surface area contributed by atoms with Crippen molar-refractivity contribution in [2.24, 2.45) is 0 Å². The fourth-order valence-corrected chi connectivity index (χ4v) is 1.83. The summed E-state index contributed by atoms with van der Waals surface area (Å²) in [6.07, 6.45) is 1.33. The van der Waals surface area contributed by atoms with E-state index >= 15 is 0 Å². The van der Waals surface area contributed by atoms with Gasteiger partial charge in [0.2, 0.25) is 5.88 Å². The Morgan fingerprint density at radius 3 is 2.45 bits per heavy atom. The SMILES string of the molecule is Cc1cc(F)ccc1Oc1nc(C(C)(C)C)ncc1B(O)O. The maximum atomic E-state index is 13.2. The summed E-state index contributed by atoms with van der Waals surface area (Å²) >= 11 is 0. The normalized spacial score (nSPS) is 11.4. The van der Waals surface area contributed by atoms with Gasteiger partial charge in [0, 0.05) is 11.6 Å². The second-order valence-corrected chi connectivity index (χ2v) is 6.09. The molecule has 0 amide bonds. The van der Waals surface area contributed by atoms with E-state index in [0.29, 0.717) is 17.1 Å². The summed E-state index contributed by atoms with van der Waals surface area (Å²) in [6, 6.07) is 4.07. The second kappa shape index (κ2) is 6.02. The minimum absolute atomic E-state index is 0.0460. The monoisotopic (exact) mass is 304 g/mol. The van der Waals surface area contributed by atoms with Gasteiger partial charge in [0.1, 0.15) is 17.4 Å². The fourth-order valence-electron chi connectivity index (χ4n) is 1.83. The van der Waals surface area contributed by atoms with Crippen molar-refractivity contribution in [2.45, 2.75) is 33.1 Å². The first-order chi connectivity index (χ1) is 10.2. The first-order valence-corrected chi connectivity index (χ1v) is 6.86. The lowest BCUT2D eigenvalue weighted by Gasteiger charge is -2.19. The number of aryl methyl sites for hydroxylation is 1. The number of aromatic nitrogens is 2. The highest BCUT2D eigenvalue weighted by Crippen LogP contribution is 2.25. The number of hydrogen-bond donors (Lipinski definition) is 2. The van der Waals surface area contributed by atoms with Gasteiger partial charge in [-0.3, -0.25) is 0 Å². The quantitative estimate of drug-likeness (QED) is 0.844. The van der Waals surface area contributed by atoms with Gasteiger partial charge in [0.25, 0.3) is 0 Å². The highest BCUT2D eigenvalue weighted by molar-refractivity contribution is 6.59. The van der Waals surface area contributed by atoms with Crippen LogP contribution in [0.15, 0.2) is 24.4 Å². The average molecular weight is 304 g/mol. The zero-order valence-corrected chi connectivity index (χ0v) is 13.0. The van der Waals surface area contributed by atoms with Crippen molar-refractivity contribution in [1.29, 1.82) is 0 Å². The topological polar surface area (TPSA) is 75.5 Å². The van der Waals surface area contributed by atoms with Crippen LogP contribution in [0.25, 0.3) is 0 Å². The molecular formula is C15H18BFN2O3. The maximum Gasteiger partial charge on any atom is 0.495 e. The smallest absolute Gasteiger partial charge is 0.439 e. The fraction of sp³-hybridized carbons (Fsp3) is 0.333. The van der Waals surface area contributed by atoms with Gasteiger partial charge in [0.15, 0.2) is 0 Å². The molecule has 0 aliphatic rings. The summed E-state index contributed by atoms with van der Waals surface area (Å²) in [5, 5.41) is 18.9. The van der Waals surface area contributed by atoms with E-state index in [0.717, 1.165) is 0 Å². The predicted molar refractivity (Wildman–Crippen MR) is 81.8 cm³/mol. The van der Waals surface area contributed by atoms with Crippen LogP contribution in [0.3, 0.4) is 0 Å². The molecule has 0 bridgehead atoms. The van der Waals surface area contributed by atoms with Crippen LogP contribution in [0.1, 0.15) is 32.2 Å².